The lowest BCUT2D eigenvalue weighted by molar-refractivity contribution is 0.283. The van der Waals surface area contributed by atoms with Crippen LogP contribution in [0, 0.1) is 3.57 Å². The summed E-state index contributed by atoms with van der Waals surface area (Å²) in [5, 5.41) is 0. The number of alkyl halides is 1. The van der Waals surface area contributed by atoms with Gasteiger partial charge < -0.3 is 14.0 Å². The van der Waals surface area contributed by atoms with Crippen LogP contribution in [0.2, 0.25) is 0 Å². The average molecular weight is 458 g/mol. The summed E-state index contributed by atoms with van der Waals surface area (Å²) in [6, 6.07) is 5.94. The van der Waals surface area contributed by atoms with Gasteiger partial charge in [-0.25, -0.2) is 4.98 Å². The van der Waals surface area contributed by atoms with Gasteiger partial charge in [0.2, 0.25) is 0 Å². The predicted molar refractivity (Wildman–Crippen MR) is 107 cm³/mol. The van der Waals surface area contributed by atoms with Crippen molar-refractivity contribution in [2.45, 2.75) is 33.1 Å². The summed E-state index contributed by atoms with van der Waals surface area (Å²) in [4.78, 5) is 4.74. The number of hydrogen-bond acceptors (Lipinski definition) is 3. The van der Waals surface area contributed by atoms with Gasteiger partial charge in [0.25, 0.3) is 0 Å². The summed E-state index contributed by atoms with van der Waals surface area (Å²) in [5.74, 6) is 2.67. The highest BCUT2D eigenvalue weighted by Gasteiger charge is 2.10. The van der Waals surface area contributed by atoms with E-state index in [1.54, 1.807) is 7.11 Å². The maximum Gasteiger partial charge on any atom is 0.132 e. The summed E-state index contributed by atoms with van der Waals surface area (Å²) in [5.41, 5.74) is 1.94. The molecule has 4 nitrogen and oxygen atoms in total. The van der Waals surface area contributed by atoms with Crippen molar-refractivity contribution in [3.8, 4) is 17.0 Å². The molecule has 0 radical (unpaired) electrons. The molecule has 0 aliphatic rings. The molecule has 1 aromatic heterocycles. The van der Waals surface area contributed by atoms with E-state index in [1.807, 2.05) is 35.2 Å². The lowest BCUT2D eigenvalue weighted by Gasteiger charge is -2.08. The molecule has 0 bridgehead atoms. The minimum Gasteiger partial charge on any atom is -0.500 e. The Hall–Kier alpha value is -1.57. The zero-order chi connectivity index (χ0) is 18.2. The van der Waals surface area contributed by atoms with Crippen molar-refractivity contribution in [1.82, 2.24) is 9.55 Å². The fraction of sp³-hybridized carbons (Fsp3) is 0.421. The number of hydrogen-bond donors (Lipinski definition) is 0. The Morgan fingerprint density at radius 1 is 1.36 bits per heavy atom. The summed E-state index contributed by atoms with van der Waals surface area (Å²) < 4.78 is 26.2. The lowest BCUT2D eigenvalue weighted by atomic mass is 10.1. The van der Waals surface area contributed by atoms with Crippen LogP contribution in [-0.2, 0) is 11.2 Å². The number of benzene rings is 1. The first-order valence-electron chi connectivity index (χ1n) is 8.44. The van der Waals surface area contributed by atoms with Crippen molar-refractivity contribution in [2.24, 2.45) is 0 Å². The highest BCUT2D eigenvalue weighted by Crippen LogP contribution is 2.28. The van der Waals surface area contributed by atoms with Crippen molar-refractivity contribution >= 4 is 28.8 Å². The fourth-order valence-electron chi connectivity index (χ4n) is 2.40. The highest BCUT2D eigenvalue weighted by atomic mass is 127. The summed E-state index contributed by atoms with van der Waals surface area (Å²) in [6.45, 7) is 4.17. The molecule has 0 N–H and O–H groups in total. The second kappa shape index (κ2) is 9.79. The lowest BCUT2D eigenvalue weighted by Crippen LogP contribution is -1.99. The van der Waals surface area contributed by atoms with E-state index in [0.717, 1.165) is 45.0 Å². The predicted octanol–water partition coefficient (Wildman–Crippen LogP) is 5.31. The molecule has 0 saturated heterocycles. The minimum absolute atomic E-state index is 0.360. The first-order chi connectivity index (χ1) is 12.1. The van der Waals surface area contributed by atoms with Gasteiger partial charge >= 0.3 is 0 Å². The molecular formula is C19H24FIN2O2. The van der Waals surface area contributed by atoms with Crippen LogP contribution in [0.15, 0.2) is 30.2 Å². The Morgan fingerprint density at radius 3 is 2.76 bits per heavy atom. The largest absolute Gasteiger partial charge is 0.500 e. The van der Waals surface area contributed by atoms with Gasteiger partial charge in [0, 0.05) is 37.2 Å². The molecule has 1 heterocycles. The van der Waals surface area contributed by atoms with E-state index in [2.05, 4.69) is 36.4 Å². The quantitative estimate of drug-likeness (QED) is 0.290. The SMILES string of the molecule is CC/C(=C\n1cc(-c2ccc(OCCCF)c(I)c2)nc1CC)OC. The van der Waals surface area contributed by atoms with E-state index in [0.29, 0.717) is 13.0 Å². The van der Waals surface area contributed by atoms with Gasteiger partial charge in [0.05, 0.1) is 29.7 Å². The molecule has 136 valence electrons. The molecule has 25 heavy (non-hydrogen) atoms. The molecular weight excluding hydrogens is 434 g/mol. The number of allylic oxidation sites excluding steroid dienone is 1. The molecule has 0 aliphatic carbocycles. The zero-order valence-corrected chi connectivity index (χ0v) is 17.0. The third-order valence-electron chi connectivity index (χ3n) is 3.78. The third kappa shape index (κ3) is 5.20. The van der Waals surface area contributed by atoms with Crippen LogP contribution in [0.1, 0.15) is 32.5 Å². The summed E-state index contributed by atoms with van der Waals surface area (Å²) in [7, 11) is 1.68. The van der Waals surface area contributed by atoms with E-state index in [9.17, 15) is 4.39 Å². The molecule has 1 aromatic carbocycles. The molecule has 0 spiro atoms. The monoisotopic (exact) mass is 458 g/mol. The number of nitrogens with zero attached hydrogens (tertiary/aromatic N) is 2. The molecule has 0 amide bonds. The van der Waals surface area contributed by atoms with Crippen LogP contribution in [0.3, 0.4) is 0 Å². The van der Waals surface area contributed by atoms with Gasteiger partial charge in [-0.2, -0.15) is 0 Å². The smallest absolute Gasteiger partial charge is 0.132 e. The second-order valence-corrected chi connectivity index (χ2v) is 6.65. The first kappa shape index (κ1) is 19.8. The summed E-state index contributed by atoms with van der Waals surface area (Å²) in [6.07, 6.45) is 6.07. The van der Waals surface area contributed by atoms with Crippen LogP contribution >= 0.6 is 22.6 Å². The average Bonchev–Trinajstić information content (AvgIpc) is 3.04. The Balaban J connectivity index is 2.28. The number of aromatic nitrogens is 2. The molecule has 0 aliphatic heterocycles. The number of halogens is 2. The molecule has 6 heteroatoms. The Bertz CT molecular complexity index is 722. The van der Waals surface area contributed by atoms with Gasteiger partial charge in [-0.05, 0) is 40.8 Å². The third-order valence-corrected chi connectivity index (χ3v) is 4.63. The van der Waals surface area contributed by atoms with Crippen LogP contribution in [-0.4, -0.2) is 29.9 Å². The van der Waals surface area contributed by atoms with Gasteiger partial charge in [-0.1, -0.05) is 13.8 Å². The van der Waals surface area contributed by atoms with Crippen molar-refractivity contribution in [1.29, 1.82) is 0 Å². The number of aryl methyl sites for hydroxylation is 1. The Labute approximate surface area is 162 Å². The van der Waals surface area contributed by atoms with Gasteiger partial charge in [0.1, 0.15) is 17.3 Å². The normalized spacial score (nSPS) is 11.6. The molecule has 0 saturated carbocycles. The van der Waals surface area contributed by atoms with E-state index in [4.69, 9.17) is 14.5 Å². The van der Waals surface area contributed by atoms with Crippen LogP contribution in [0.4, 0.5) is 4.39 Å². The topological polar surface area (TPSA) is 36.3 Å². The van der Waals surface area contributed by atoms with E-state index in [-0.39, 0.29) is 6.67 Å². The number of methoxy groups -OCH3 is 1. The van der Waals surface area contributed by atoms with Crippen molar-refractivity contribution < 1.29 is 13.9 Å². The fourth-order valence-corrected chi connectivity index (χ4v) is 3.07. The summed E-state index contributed by atoms with van der Waals surface area (Å²) >= 11 is 2.24. The number of ether oxygens (including phenoxy) is 2. The van der Waals surface area contributed by atoms with Crippen molar-refractivity contribution in [2.75, 3.05) is 20.4 Å². The number of rotatable bonds is 9. The van der Waals surface area contributed by atoms with Gasteiger partial charge in [-0.15, -0.1) is 0 Å². The molecule has 2 rings (SSSR count). The van der Waals surface area contributed by atoms with E-state index >= 15 is 0 Å². The van der Waals surface area contributed by atoms with E-state index < -0.39 is 0 Å². The Kier molecular flexibility index (Phi) is 7.74. The molecule has 0 atom stereocenters. The maximum atomic E-state index is 12.2. The standard InChI is InChI=1S/C19H24FIN2O2/c1-4-15(24-3)12-23-13-17(22-19(23)5-2)14-7-8-18(16(21)11-14)25-10-6-9-20/h7-8,11-13H,4-6,9-10H2,1-3H3/b15-12+. The van der Waals surface area contributed by atoms with E-state index in [1.165, 1.54) is 0 Å². The van der Waals surface area contributed by atoms with Crippen molar-refractivity contribution in [3.63, 3.8) is 0 Å². The first-order valence-corrected chi connectivity index (χ1v) is 9.51. The van der Waals surface area contributed by atoms with Crippen molar-refractivity contribution in [3.05, 3.63) is 39.5 Å². The second-order valence-electron chi connectivity index (χ2n) is 5.49. The molecule has 0 fully saturated rings. The van der Waals surface area contributed by atoms with Gasteiger partial charge in [0.15, 0.2) is 0 Å². The van der Waals surface area contributed by atoms with Crippen LogP contribution in [0.5, 0.6) is 5.75 Å². The molecule has 0 unspecified atom stereocenters. The number of imidazole rings is 1. The Morgan fingerprint density at radius 2 is 2.16 bits per heavy atom. The van der Waals surface area contributed by atoms with Crippen LogP contribution in [0.25, 0.3) is 17.5 Å². The zero-order valence-electron chi connectivity index (χ0n) is 14.9. The molecule has 2 aromatic rings. The minimum atomic E-state index is -0.360. The van der Waals surface area contributed by atoms with Crippen LogP contribution < -0.4 is 4.74 Å². The highest BCUT2D eigenvalue weighted by molar-refractivity contribution is 14.1. The maximum absolute atomic E-state index is 12.2. The van der Waals surface area contributed by atoms with Gasteiger partial charge in [-0.3, -0.25) is 4.39 Å².